The normalized spacial score (nSPS) is 12.2. The van der Waals surface area contributed by atoms with Crippen molar-refractivity contribution in [2.45, 2.75) is 66.4 Å². The van der Waals surface area contributed by atoms with Crippen LogP contribution in [0, 0.1) is 6.92 Å². The average molecular weight is 496 g/mol. The first kappa shape index (κ1) is 26.9. The number of esters is 1. The Hall–Kier alpha value is -3.72. The molecule has 0 aliphatic carbocycles. The predicted octanol–water partition coefficient (Wildman–Crippen LogP) is 5.52. The van der Waals surface area contributed by atoms with Crippen molar-refractivity contribution in [1.29, 1.82) is 0 Å². The molecule has 9 nitrogen and oxygen atoms in total. The molecular formula is C27H33N3O6. The summed E-state index contributed by atoms with van der Waals surface area (Å²) in [6.07, 6.45) is -0.588. The van der Waals surface area contributed by atoms with Crippen molar-refractivity contribution in [3.63, 3.8) is 0 Å². The van der Waals surface area contributed by atoms with Gasteiger partial charge in [0, 0.05) is 0 Å². The van der Waals surface area contributed by atoms with E-state index in [0.717, 1.165) is 5.56 Å². The number of hydrogen-bond acceptors (Lipinski definition) is 8. The molecule has 9 heteroatoms. The maximum atomic E-state index is 12.7. The Labute approximate surface area is 211 Å². The van der Waals surface area contributed by atoms with Crippen LogP contribution in [0.5, 0.6) is 0 Å². The first-order valence-electron chi connectivity index (χ1n) is 11.8. The van der Waals surface area contributed by atoms with Crippen molar-refractivity contribution < 1.29 is 28.2 Å². The van der Waals surface area contributed by atoms with Gasteiger partial charge in [0.1, 0.15) is 28.8 Å². The number of ether oxygens (including phenoxy) is 3. The van der Waals surface area contributed by atoms with Gasteiger partial charge in [-0.25, -0.2) is 19.6 Å². The van der Waals surface area contributed by atoms with Crippen molar-refractivity contribution in [2.24, 2.45) is 0 Å². The van der Waals surface area contributed by atoms with Crippen LogP contribution >= 0.6 is 0 Å². The van der Waals surface area contributed by atoms with E-state index in [1.807, 2.05) is 30.3 Å². The third kappa shape index (κ3) is 7.39. The van der Waals surface area contributed by atoms with E-state index in [0.29, 0.717) is 29.4 Å². The molecule has 0 saturated heterocycles. The molecule has 192 valence electrons. The summed E-state index contributed by atoms with van der Waals surface area (Å²) in [4.78, 5) is 34.0. The maximum Gasteiger partial charge on any atom is 0.408 e. The Morgan fingerprint density at radius 3 is 2.42 bits per heavy atom. The molecule has 1 N–H and O–H groups in total. The highest BCUT2D eigenvalue weighted by Crippen LogP contribution is 2.28. The highest BCUT2D eigenvalue weighted by Gasteiger charge is 2.25. The van der Waals surface area contributed by atoms with E-state index >= 15 is 0 Å². The minimum atomic E-state index is -0.636. The van der Waals surface area contributed by atoms with Crippen molar-refractivity contribution >= 4 is 12.1 Å². The Bertz CT molecular complexity index is 1180. The Balaban J connectivity index is 1.85. The summed E-state index contributed by atoms with van der Waals surface area (Å²) in [5, 5.41) is 2.71. The van der Waals surface area contributed by atoms with Crippen LogP contribution in [-0.4, -0.2) is 34.2 Å². The molecule has 3 aromatic rings. The second-order valence-corrected chi connectivity index (χ2v) is 9.22. The van der Waals surface area contributed by atoms with Gasteiger partial charge >= 0.3 is 12.1 Å². The first-order chi connectivity index (χ1) is 17.1. The van der Waals surface area contributed by atoms with Crippen molar-refractivity contribution in [1.82, 2.24) is 15.3 Å². The molecule has 0 saturated carbocycles. The van der Waals surface area contributed by atoms with Crippen LogP contribution in [0.2, 0.25) is 0 Å². The molecule has 0 aliphatic heterocycles. The number of oxazole rings is 1. The lowest BCUT2D eigenvalue weighted by Gasteiger charge is -2.21. The third-order valence-electron chi connectivity index (χ3n) is 4.95. The van der Waals surface area contributed by atoms with Crippen LogP contribution in [0.3, 0.4) is 0 Å². The molecule has 36 heavy (non-hydrogen) atoms. The lowest BCUT2D eigenvalue weighted by molar-refractivity contribution is 0.0497. The van der Waals surface area contributed by atoms with Crippen LogP contribution in [-0.2, 0) is 27.4 Å². The zero-order valence-corrected chi connectivity index (χ0v) is 21.6. The fraction of sp³-hybridized carbons (Fsp3) is 0.407. The van der Waals surface area contributed by atoms with Crippen LogP contribution < -0.4 is 5.32 Å². The van der Waals surface area contributed by atoms with E-state index in [2.05, 4.69) is 15.3 Å². The summed E-state index contributed by atoms with van der Waals surface area (Å²) in [7, 11) is 0. The van der Waals surface area contributed by atoms with Gasteiger partial charge in [0.15, 0.2) is 0 Å². The summed E-state index contributed by atoms with van der Waals surface area (Å²) < 4.78 is 22.2. The molecule has 0 fully saturated rings. The van der Waals surface area contributed by atoms with Gasteiger partial charge in [-0.15, -0.1) is 0 Å². The van der Waals surface area contributed by atoms with Gasteiger partial charge in [0.2, 0.25) is 5.89 Å². The molecule has 0 bridgehead atoms. The number of pyridine rings is 1. The van der Waals surface area contributed by atoms with E-state index in [4.69, 9.17) is 18.6 Å². The molecule has 1 amide bonds. The molecule has 0 unspecified atom stereocenters. The number of benzene rings is 1. The highest BCUT2D eigenvalue weighted by atomic mass is 16.6. The largest absolute Gasteiger partial charge is 0.462 e. The molecule has 0 spiro atoms. The third-order valence-corrected chi connectivity index (χ3v) is 4.95. The molecule has 0 radical (unpaired) electrons. The Morgan fingerprint density at radius 1 is 1.03 bits per heavy atom. The summed E-state index contributed by atoms with van der Waals surface area (Å²) in [6.45, 7) is 11.4. The average Bonchev–Trinajstić information content (AvgIpc) is 3.20. The number of carbonyl (C=O) groups excluding carboxylic acids is 2. The maximum absolute atomic E-state index is 12.7. The van der Waals surface area contributed by atoms with Gasteiger partial charge < -0.3 is 23.9 Å². The topological polar surface area (TPSA) is 113 Å². The van der Waals surface area contributed by atoms with Gasteiger partial charge in [0.05, 0.1) is 31.1 Å². The molecule has 2 heterocycles. The van der Waals surface area contributed by atoms with Crippen molar-refractivity contribution in [3.8, 4) is 11.4 Å². The number of amides is 1. The predicted molar refractivity (Wildman–Crippen MR) is 133 cm³/mol. The van der Waals surface area contributed by atoms with E-state index in [9.17, 15) is 9.59 Å². The number of alkyl carbamates (subject to hydrolysis) is 1. The van der Waals surface area contributed by atoms with Crippen LogP contribution in [0.1, 0.15) is 73.9 Å². The number of hydrogen-bond donors (Lipinski definition) is 1. The van der Waals surface area contributed by atoms with Gasteiger partial charge in [-0.3, -0.25) is 0 Å². The summed E-state index contributed by atoms with van der Waals surface area (Å²) in [5.74, 6) is 0.194. The highest BCUT2D eigenvalue weighted by molar-refractivity contribution is 5.95. The van der Waals surface area contributed by atoms with Gasteiger partial charge in [-0.2, -0.15) is 0 Å². The first-order valence-corrected chi connectivity index (χ1v) is 11.8. The number of nitrogens with one attached hydrogen (secondary N) is 1. The molecular weight excluding hydrogens is 462 g/mol. The van der Waals surface area contributed by atoms with Crippen LogP contribution in [0.15, 0.2) is 46.9 Å². The fourth-order valence-corrected chi connectivity index (χ4v) is 3.35. The minimum absolute atomic E-state index is 0.222. The fourth-order valence-electron chi connectivity index (χ4n) is 3.35. The number of carbonyl (C=O) groups is 2. The lowest BCUT2D eigenvalue weighted by atomic mass is 10.1. The zero-order chi connectivity index (χ0) is 26.3. The molecule has 0 aliphatic rings. The van der Waals surface area contributed by atoms with Crippen molar-refractivity contribution in [2.75, 3.05) is 6.61 Å². The van der Waals surface area contributed by atoms with Gasteiger partial charge in [-0.05, 0) is 59.2 Å². The van der Waals surface area contributed by atoms with E-state index in [1.54, 1.807) is 53.7 Å². The van der Waals surface area contributed by atoms with Crippen molar-refractivity contribution in [3.05, 3.63) is 70.9 Å². The summed E-state index contributed by atoms with van der Waals surface area (Å²) in [6, 6.07) is 12.6. The number of aryl methyl sites for hydroxylation is 1. The monoisotopic (exact) mass is 495 g/mol. The van der Waals surface area contributed by atoms with E-state index in [-0.39, 0.29) is 24.7 Å². The van der Waals surface area contributed by atoms with Crippen LogP contribution in [0.4, 0.5) is 4.79 Å². The van der Waals surface area contributed by atoms with Crippen LogP contribution in [0.25, 0.3) is 11.4 Å². The van der Waals surface area contributed by atoms with E-state index in [1.165, 1.54) is 0 Å². The molecule has 1 aromatic carbocycles. The molecule has 2 aromatic heterocycles. The second kappa shape index (κ2) is 11.8. The Morgan fingerprint density at radius 2 is 1.75 bits per heavy atom. The minimum Gasteiger partial charge on any atom is -0.462 e. The number of nitrogens with zero attached hydrogens (tertiary/aromatic N) is 2. The zero-order valence-electron chi connectivity index (χ0n) is 21.6. The summed E-state index contributed by atoms with van der Waals surface area (Å²) >= 11 is 0. The quantitative estimate of drug-likeness (QED) is 0.386. The number of aromatic nitrogens is 2. The molecule has 3 rings (SSSR count). The standard InChI is InChI=1S/C27H33N3O6/c1-7-34-25(31)21-14-13-20(16-33-15-19-11-9-8-10-12-19)29-23(21)22-18(3)35-24(30-22)17(2)28-26(32)36-27(4,5)6/h8-14,17H,7,15-16H2,1-6H3,(H,28,32)/t17-/m0/s1. The summed E-state index contributed by atoms with van der Waals surface area (Å²) in [5.41, 5.74) is 2.01. The van der Waals surface area contributed by atoms with Gasteiger partial charge in [0.25, 0.3) is 0 Å². The lowest BCUT2D eigenvalue weighted by Crippen LogP contribution is -2.34. The SMILES string of the molecule is CCOC(=O)c1ccc(COCc2ccccc2)nc1-c1nc([C@H](C)NC(=O)OC(C)(C)C)oc1C. The van der Waals surface area contributed by atoms with Gasteiger partial charge in [-0.1, -0.05) is 30.3 Å². The smallest absolute Gasteiger partial charge is 0.408 e. The van der Waals surface area contributed by atoms with E-state index < -0.39 is 23.7 Å². The molecule has 1 atom stereocenters. The number of rotatable bonds is 9. The second-order valence-electron chi connectivity index (χ2n) is 9.22. The Kier molecular flexibility index (Phi) is 8.82.